The molecule has 0 fully saturated rings. The second kappa shape index (κ2) is 5.02. The van der Waals surface area contributed by atoms with Crippen LogP contribution in [0.5, 0.6) is 0 Å². The van der Waals surface area contributed by atoms with E-state index in [-0.39, 0.29) is 5.56 Å². The van der Waals surface area contributed by atoms with E-state index in [9.17, 15) is 9.90 Å². The Hall–Kier alpha value is -2.27. The fourth-order valence-electron chi connectivity index (χ4n) is 2.17. The van der Waals surface area contributed by atoms with Gasteiger partial charge in [-0.15, -0.1) is 0 Å². The number of aromatic nitrogens is 1. The smallest absolute Gasteiger partial charge is 0.340 e. The van der Waals surface area contributed by atoms with Gasteiger partial charge < -0.3 is 15.4 Å². The van der Waals surface area contributed by atoms with Crippen molar-refractivity contribution in [3.8, 4) is 0 Å². The molecule has 0 amide bonds. The molecule has 0 radical (unpaired) electrons. The number of hydrogen-bond acceptors (Lipinski definition) is 2. The Morgan fingerprint density at radius 2 is 1.95 bits per heavy atom. The van der Waals surface area contributed by atoms with Crippen molar-refractivity contribution >= 4 is 44.3 Å². The number of hydrogen-bond donors (Lipinski definition) is 3. The van der Waals surface area contributed by atoms with Crippen LogP contribution in [0.25, 0.3) is 10.9 Å². The molecule has 2 aromatic carbocycles. The maximum absolute atomic E-state index is 11.5. The zero-order valence-corrected chi connectivity index (χ0v) is 11.9. The quantitative estimate of drug-likeness (QED) is 0.668. The van der Waals surface area contributed by atoms with Gasteiger partial charge in [-0.1, -0.05) is 40.2 Å². The van der Waals surface area contributed by atoms with Gasteiger partial charge in [0.25, 0.3) is 0 Å². The third-order valence-corrected chi connectivity index (χ3v) is 3.51. The molecule has 3 rings (SSSR count). The number of aromatic carboxylic acids is 1. The van der Waals surface area contributed by atoms with Crippen molar-refractivity contribution in [2.75, 3.05) is 5.32 Å². The van der Waals surface area contributed by atoms with Gasteiger partial charge in [-0.2, -0.15) is 0 Å². The molecule has 100 valence electrons. The molecule has 0 unspecified atom stereocenters. The largest absolute Gasteiger partial charge is 0.478 e. The fraction of sp³-hybridized carbons (Fsp3) is 0. The molecular weight excluding hydrogens is 320 g/mol. The third-order valence-electron chi connectivity index (χ3n) is 3.01. The summed E-state index contributed by atoms with van der Waals surface area (Å²) in [5, 5.41) is 13.2. The number of carboxylic acids is 1. The van der Waals surface area contributed by atoms with Crippen molar-refractivity contribution in [1.82, 2.24) is 4.98 Å². The number of fused-ring (bicyclic) bond motifs is 1. The molecule has 0 atom stereocenters. The molecule has 3 aromatic rings. The van der Waals surface area contributed by atoms with E-state index in [0.717, 1.165) is 15.7 Å². The number of halogens is 1. The average Bonchev–Trinajstić information content (AvgIpc) is 2.76. The van der Waals surface area contributed by atoms with Crippen LogP contribution in [0.4, 0.5) is 11.5 Å². The van der Waals surface area contributed by atoms with Gasteiger partial charge in [0.2, 0.25) is 0 Å². The van der Waals surface area contributed by atoms with Crippen LogP contribution in [0.2, 0.25) is 0 Å². The lowest BCUT2D eigenvalue weighted by atomic mass is 10.1. The van der Waals surface area contributed by atoms with Crippen molar-refractivity contribution in [3.63, 3.8) is 0 Å². The number of anilines is 2. The molecule has 0 saturated carbocycles. The van der Waals surface area contributed by atoms with Crippen molar-refractivity contribution in [2.24, 2.45) is 0 Å². The Bertz CT molecular complexity index is 795. The zero-order chi connectivity index (χ0) is 14.1. The predicted molar refractivity (Wildman–Crippen MR) is 82.7 cm³/mol. The summed E-state index contributed by atoms with van der Waals surface area (Å²) in [6.45, 7) is 0. The average molecular weight is 331 g/mol. The van der Waals surface area contributed by atoms with Gasteiger partial charge in [0, 0.05) is 21.1 Å². The second-order valence-corrected chi connectivity index (χ2v) is 5.28. The molecule has 20 heavy (non-hydrogen) atoms. The van der Waals surface area contributed by atoms with E-state index >= 15 is 0 Å². The highest BCUT2D eigenvalue weighted by Gasteiger charge is 2.17. The van der Waals surface area contributed by atoms with Gasteiger partial charge in [0.15, 0.2) is 0 Å². The minimum absolute atomic E-state index is 0.251. The van der Waals surface area contributed by atoms with Gasteiger partial charge >= 0.3 is 5.97 Å². The minimum atomic E-state index is -0.958. The summed E-state index contributed by atoms with van der Waals surface area (Å²) in [4.78, 5) is 14.6. The first-order valence-electron chi connectivity index (χ1n) is 6.02. The molecule has 3 N–H and O–H groups in total. The van der Waals surface area contributed by atoms with E-state index in [0.29, 0.717) is 11.2 Å². The Morgan fingerprint density at radius 3 is 2.70 bits per heavy atom. The van der Waals surface area contributed by atoms with Crippen molar-refractivity contribution in [1.29, 1.82) is 0 Å². The standard InChI is InChI=1S/C15H11BrN2O2/c16-9-4-3-5-10(8-9)17-14-13(15(19)20)11-6-1-2-7-12(11)18-14/h1-8,17-18H,(H,19,20). The van der Waals surface area contributed by atoms with Crippen LogP contribution in [-0.4, -0.2) is 16.1 Å². The van der Waals surface area contributed by atoms with Crippen LogP contribution in [0.3, 0.4) is 0 Å². The van der Waals surface area contributed by atoms with Crippen LogP contribution in [0.15, 0.2) is 53.0 Å². The summed E-state index contributed by atoms with van der Waals surface area (Å²) < 4.78 is 0.926. The van der Waals surface area contributed by atoms with E-state index in [1.165, 1.54) is 0 Å². The summed E-state index contributed by atoms with van der Waals surface area (Å²) in [6, 6.07) is 14.9. The number of H-pyrrole nitrogens is 1. The van der Waals surface area contributed by atoms with E-state index in [4.69, 9.17) is 0 Å². The predicted octanol–water partition coefficient (Wildman–Crippen LogP) is 4.37. The topological polar surface area (TPSA) is 65.1 Å². The maximum Gasteiger partial charge on any atom is 0.340 e. The van der Waals surface area contributed by atoms with E-state index in [1.54, 1.807) is 6.07 Å². The molecular formula is C15H11BrN2O2. The summed E-state index contributed by atoms with van der Waals surface area (Å²) in [7, 11) is 0. The molecule has 0 aliphatic heterocycles. The Balaban J connectivity index is 2.11. The molecule has 0 aliphatic rings. The van der Waals surface area contributed by atoms with Gasteiger partial charge in [0.05, 0.1) is 0 Å². The first-order chi connectivity index (χ1) is 9.65. The maximum atomic E-state index is 11.5. The number of rotatable bonds is 3. The van der Waals surface area contributed by atoms with E-state index < -0.39 is 5.97 Å². The highest BCUT2D eigenvalue weighted by molar-refractivity contribution is 9.10. The number of nitrogens with one attached hydrogen (secondary N) is 2. The Kier molecular flexibility index (Phi) is 3.20. The molecule has 0 bridgehead atoms. The normalized spacial score (nSPS) is 10.7. The number of carboxylic acid groups (broad SMARTS) is 1. The van der Waals surface area contributed by atoms with E-state index in [2.05, 4.69) is 26.2 Å². The molecule has 0 aliphatic carbocycles. The van der Waals surface area contributed by atoms with Crippen molar-refractivity contribution in [2.45, 2.75) is 0 Å². The first-order valence-corrected chi connectivity index (χ1v) is 6.81. The lowest BCUT2D eigenvalue weighted by Gasteiger charge is -2.06. The number of aromatic amines is 1. The first kappa shape index (κ1) is 12.7. The van der Waals surface area contributed by atoms with Crippen LogP contribution in [0.1, 0.15) is 10.4 Å². The summed E-state index contributed by atoms with van der Waals surface area (Å²) in [5.41, 5.74) is 1.86. The van der Waals surface area contributed by atoms with Crippen molar-refractivity contribution < 1.29 is 9.90 Å². The highest BCUT2D eigenvalue weighted by Crippen LogP contribution is 2.29. The van der Waals surface area contributed by atoms with Crippen LogP contribution >= 0.6 is 15.9 Å². The van der Waals surface area contributed by atoms with Crippen molar-refractivity contribution in [3.05, 3.63) is 58.6 Å². The van der Waals surface area contributed by atoms with Crippen LogP contribution in [0, 0.1) is 0 Å². The highest BCUT2D eigenvalue weighted by atomic mass is 79.9. The SMILES string of the molecule is O=C(O)c1c(Nc2cccc(Br)c2)[nH]c2ccccc12. The van der Waals surface area contributed by atoms with Crippen LogP contribution < -0.4 is 5.32 Å². The summed E-state index contributed by atoms with van der Waals surface area (Å²) in [5.74, 6) is -0.475. The third kappa shape index (κ3) is 2.28. The molecule has 5 heteroatoms. The van der Waals surface area contributed by atoms with Gasteiger partial charge in [-0.05, 0) is 24.3 Å². The monoisotopic (exact) mass is 330 g/mol. The fourth-order valence-corrected chi connectivity index (χ4v) is 2.57. The molecule has 0 saturated heterocycles. The number of benzene rings is 2. The zero-order valence-electron chi connectivity index (χ0n) is 10.4. The summed E-state index contributed by atoms with van der Waals surface area (Å²) >= 11 is 3.39. The molecule has 1 heterocycles. The van der Waals surface area contributed by atoms with Gasteiger partial charge in [0.1, 0.15) is 11.4 Å². The molecule has 4 nitrogen and oxygen atoms in total. The van der Waals surface area contributed by atoms with E-state index in [1.807, 2.05) is 42.5 Å². The van der Waals surface area contributed by atoms with Gasteiger partial charge in [-0.25, -0.2) is 4.79 Å². The Morgan fingerprint density at radius 1 is 1.15 bits per heavy atom. The number of para-hydroxylation sites is 1. The van der Waals surface area contributed by atoms with Gasteiger partial charge in [-0.3, -0.25) is 0 Å². The summed E-state index contributed by atoms with van der Waals surface area (Å²) in [6.07, 6.45) is 0. The molecule has 0 spiro atoms. The minimum Gasteiger partial charge on any atom is -0.478 e. The van der Waals surface area contributed by atoms with Crippen LogP contribution in [-0.2, 0) is 0 Å². The lowest BCUT2D eigenvalue weighted by Crippen LogP contribution is -2.01. The second-order valence-electron chi connectivity index (χ2n) is 4.36. The molecule has 1 aromatic heterocycles. The lowest BCUT2D eigenvalue weighted by molar-refractivity contribution is 0.0700. The number of carbonyl (C=O) groups is 1. The Labute approximate surface area is 123 Å².